The van der Waals surface area contributed by atoms with Crippen LogP contribution < -0.4 is 5.73 Å². The normalized spacial score (nSPS) is 24.5. The van der Waals surface area contributed by atoms with Crippen molar-refractivity contribution in [3.05, 3.63) is 0 Å². The minimum absolute atomic E-state index is 0.120. The molecule has 1 unspecified atom stereocenters. The molecule has 1 saturated heterocycles. The number of nitrogens with two attached hydrogens (primary N) is 1. The van der Waals surface area contributed by atoms with E-state index in [2.05, 4.69) is 18.9 Å². The summed E-state index contributed by atoms with van der Waals surface area (Å²) in [6, 6.07) is -0.0371. The van der Waals surface area contributed by atoms with Gasteiger partial charge in [0.1, 0.15) is 0 Å². The summed E-state index contributed by atoms with van der Waals surface area (Å²) >= 11 is 1.74. The molecule has 1 rings (SSSR count). The quantitative estimate of drug-likeness (QED) is 0.770. The third-order valence-corrected chi connectivity index (χ3v) is 3.71. The van der Waals surface area contributed by atoms with Crippen LogP contribution in [0.1, 0.15) is 13.3 Å². The second kappa shape index (κ2) is 6.47. The zero-order chi connectivity index (χ0) is 12.1. The first-order valence-electron chi connectivity index (χ1n) is 5.79. The van der Waals surface area contributed by atoms with E-state index in [1.807, 2.05) is 11.2 Å². The number of hydrogen-bond donors (Lipinski definition) is 1. The lowest BCUT2D eigenvalue weighted by Crippen LogP contribution is -2.56. The van der Waals surface area contributed by atoms with E-state index in [4.69, 9.17) is 5.73 Å². The van der Waals surface area contributed by atoms with Gasteiger partial charge >= 0.3 is 0 Å². The summed E-state index contributed by atoms with van der Waals surface area (Å²) < 4.78 is 0. The summed E-state index contributed by atoms with van der Waals surface area (Å²) in [6.07, 6.45) is 2.81. The van der Waals surface area contributed by atoms with Crippen LogP contribution in [0.2, 0.25) is 0 Å². The fourth-order valence-electron chi connectivity index (χ4n) is 2.05. The van der Waals surface area contributed by atoms with Crippen LogP contribution in [0.4, 0.5) is 0 Å². The van der Waals surface area contributed by atoms with Gasteiger partial charge in [-0.2, -0.15) is 11.8 Å². The molecule has 2 atom stereocenters. The molecule has 0 aromatic rings. The molecule has 16 heavy (non-hydrogen) atoms. The van der Waals surface area contributed by atoms with Gasteiger partial charge in [0, 0.05) is 25.7 Å². The molecule has 1 aliphatic heterocycles. The number of thioether (sulfide) groups is 1. The maximum atomic E-state index is 12.1. The summed E-state index contributed by atoms with van der Waals surface area (Å²) in [6.45, 7) is 4.80. The van der Waals surface area contributed by atoms with Crippen molar-refractivity contribution >= 4 is 17.7 Å². The molecule has 0 aromatic heterocycles. The summed E-state index contributed by atoms with van der Waals surface area (Å²) in [5, 5.41) is 0. The number of rotatable bonds is 4. The van der Waals surface area contributed by atoms with E-state index in [-0.39, 0.29) is 18.0 Å². The SMILES string of the molecule is CSCC[C@@H](N)C(=O)N1CCN(C)CC1C. The number of nitrogens with zero attached hydrogens (tertiary/aromatic N) is 2. The number of carbonyl (C=O) groups excluding carboxylic acids is 1. The van der Waals surface area contributed by atoms with Crippen LogP contribution in [0.25, 0.3) is 0 Å². The zero-order valence-corrected chi connectivity index (χ0v) is 11.3. The van der Waals surface area contributed by atoms with E-state index in [1.54, 1.807) is 11.8 Å². The standard InChI is InChI=1S/C11H23N3OS/c1-9-8-13(2)5-6-14(9)11(15)10(12)4-7-16-3/h9-10H,4-8,12H2,1-3H3/t9?,10-/m1/s1. The Balaban J connectivity index is 2.46. The maximum Gasteiger partial charge on any atom is 0.239 e. The highest BCUT2D eigenvalue weighted by Gasteiger charge is 2.28. The summed E-state index contributed by atoms with van der Waals surface area (Å²) in [4.78, 5) is 16.3. The van der Waals surface area contributed by atoms with Crippen molar-refractivity contribution in [3.63, 3.8) is 0 Å². The molecule has 0 bridgehead atoms. The summed E-state index contributed by atoms with van der Waals surface area (Å²) in [5.41, 5.74) is 5.91. The molecule has 1 fully saturated rings. The Kier molecular flexibility index (Phi) is 5.58. The van der Waals surface area contributed by atoms with Gasteiger partial charge in [-0.15, -0.1) is 0 Å². The van der Waals surface area contributed by atoms with Gasteiger partial charge in [0.05, 0.1) is 6.04 Å². The maximum absolute atomic E-state index is 12.1. The van der Waals surface area contributed by atoms with E-state index < -0.39 is 0 Å². The van der Waals surface area contributed by atoms with Crippen molar-refractivity contribution < 1.29 is 4.79 Å². The summed E-state index contributed by atoms with van der Waals surface area (Å²) in [5.74, 6) is 1.07. The topological polar surface area (TPSA) is 49.6 Å². The Labute approximate surface area is 103 Å². The average molecular weight is 245 g/mol. The van der Waals surface area contributed by atoms with Crippen LogP contribution in [0, 0.1) is 0 Å². The van der Waals surface area contributed by atoms with Crippen molar-refractivity contribution in [1.29, 1.82) is 0 Å². The van der Waals surface area contributed by atoms with Crippen LogP contribution in [-0.2, 0) is 4.79 Å². The molecule has 2 N–H and O–H groups in total. The summed E-state index contributed by atoms with van der Waals surface area (Å²) in [7, 11) is 2.09. The molecule has 5 heteroatoms. The second-order valence-electron chi connectivity index (χ2n) is 4.53. The average Bonchev–Trinajstić information content (AvgIpc) is 2.25. The van der Waals surface area contributed by atoms with Gasteiger partial charge in [0.2, 0.25) is 5.91 Å². The van der Waals surface area contributed by atoms with Crippen molar-refractivity contribution in [3.8, 4) is 0 Å². The zero-order valence-electron chi connectivity index (χ0n) is 10.5. The van der Waals surface area contributed by atoms with Gasteiger partial charge in [-0.25, -0.2) is 0 Å². The first kappa shape index (κ1) is 13.8. The predicted octanol–water partition coefficient (Wildman–Crippen LogP) is 0.229. The van der Waals surface area contributed by atoms with E-state index in [0.29, 0.717) is 0 Å². The Morgan fingerprint density at radius 1 is 1.56 bits per heavy atom. The van der Waals surface area contributed by atoms with Crippen molar-refractivity contribution in [1.82, 2.24) is 9.80 Å². The number of likely N-dealkylation sites (N-methyl/N-ethyl adjacent to an activating group) is 1. The van der Waals surface area contributed by atoms with Gasteiger partial charge in [0.25, 0.3) is 0 Å². The minimum atomic E-state index is -0.321. The monoisotopic (exact) mass is 245 g/mol. The van der Waals surface area contributed by atoms with Gasteiger partial charge in [0.15, 0.2) is 0 Å². The minimum Gasteiger partial charge on any atom is -0.336 e. The van der Waals surface area contributed by atoms with E-state index in [0.717, 1.165) is 31.8 Å². The van der Waals surface area contributed by atoms with E-state index in [9.17, 15) is 4.79 Å². The lowest BCUT2D eigenvalue weighted by atomic mass is 10.1. The van der Waals surface area contributed by atoms with Gasteiger partial charge in [-0.1, -0.05) is 0 Å². The van der Waals surface area contributed by atoms with Gasteiger partial charge < -0.3 is 15.5 Å². The molecule has 0 radical (unpaired) electrons. The molecular formula is C11H23N3OS. The molecule has 1 amide bonds. The smallest absolute Gasteiger partial charge is 0.239 e. The molecule has 0 saturated carbocycles. The number of amides is 1. The van der Waals surface area contributed by atoms with Crippen molar-refractivity contribution in [2.75, 3.05) is 38.7 Å². The third-order valence-electron chi connectivity index (χ3n) is 3.06. The van der Waals surface area contributed by atoms with Crippen LogP contribution in [0.15, 0.2) is 0 Å². The predicted molar refractivity (Wildman–Crippen MR) is 69.6 cm³/mol. The van der Waals surface area contributed by atoms with E-state index >= 15 is 0 Å². The lowest BCUT2D eigenvalue weighted by molar-refractivity contribution is -0.136. The Hall–Kier alpha value is -0.260. The van der Waals surface area contributed by atoms with Gasteiger partial charge in [-0.3, -0.25) is 4.79 Å². The molecule has 1 heterocycles. The van der Waals surface area contributed by atoms with Crippen LogP contribution in [-0.4, -0.2) is 66.5 Å². The number of carbonyl (C=O) groups is 1. The first-order valence-corrected chi connectivity index (χ1v) is 7.19. The van der Waals surface area contributed by atoms with Crippen LogP contribution >= 0.6 is 11.8 Å². The fraction of sp³-hybridized carbons (Fsp3) is 0.909. The molecule has 0 aliphatic carbocycles. The molecule has 94 valence electrons. The molecule has 0 spiro atoms. The third kappa shape index (κ3) is 3.64. The highest BCUT2D eigenvalue weighted by Crippen LogP contribution is 2.11. The highest BCUT2D eigenvalue weighted by molar-refractivity contribution is 7.98. The van der Waals surface area contributed by atoms with Crippen molar-refractivity contribution in [2.24, 2.45) is 5.73 Å². The largest absolute Gasteiger partial charge is 0.336 e. The first-order chi connectivity index (χ1) is 7.56. The van der Waals surface area contributed by atoms with Gasteiger partial charge in [-0.05, 0) is 32.4 Å². The van der Waals surface area contributed by atoms with Crippen LogP contribution in [0.3, 0.4) is 0 Å². The lowest BCUT2D eigenvalue weighted by Gasteiger charge is -2.39. The Bertz CT molecular complexity index is 237. The molecule has 0 aromatic carbocycles. The molecular weight excluding hydrogens is 222 g/mol. The highest BCUT2D eigenvalue weighted by atomic mass is 32.2. The Morgan fingerprint density at radius 2 is 2.25 bits per heavy atom. The molecule has 4 nitrogen and oxygen atoms in total. The van der Waals surface area contributed by atoms with Crippen LogP contribution in [0.5, 0.6) is 0 Å². The van der Waals surface area contributed by atoms with Crippen molar-refractivity contribution in [2.45, 2.75) is 25.4 Å². The fourth-order valence-corrected chi connectivity index (χ4v) is 2.54. The molecule has 1 aliphatic rings. The number of hydrogen-bond acceptors (Lipinski definition) is 4. The second-order valence-corrected chi connectivity index (χ2v) is 5.52. The Morgan fingerprint density at radius 3 is 2.81 bits per heavy atom. The number of piperazine rings is 1. The van der Waals surface area contributed by atoms with E-state index in [1.165, 1.54) is 0 Å².